The molecule has 2 rings (SSSR count). The van der Waals surface area contributed by atoms with E-state index in [0.29, 0.717) is 0 Å². The second-order valence-corrected chi connectivity index (χ2v) is 5.71. The Bertz CT molecular complexity index is 366. The summed E-state index contributed by atoms with van der Waals surface area (Å²) < 4.78 is 0. The van der Waals surface area contributed by atoms with Crippen LogP contribution in [0.4, 0.5) is 0 Å². The Morgan fingerprint density at radius 3 is 2.89 bits per heavy atom. The second-order valence-electron chi connectivity index (χ2n) is 5.71. The summed E-state index contributed by atoms with van der Waals surface area (Å²) in [4.78, 5) is 7.09. The van der Waals surface area contributed by atoms with Gasteiger partial charge in [-0.25, -0.2) is 0 Å². The molecule has 1 aliphatic rings. The summed E-state index contributed by atoms with van der Waals surface area (Å²) in [7, 11) is 0. The zero-order valence-corrected chi connectivity index (χ0v) is 12.3. The van der Waals surface area contributed by atoms with E-state index >= 15 is 0 Å². The summed E-state index contributed by atoms with van der Waals surface area (Å²) in [5.41, 5.74) is 7.50. The van der Waals surface area contributed by atoms with Gasteiger partial charge in [0.15, 0.2) is 0 Å². The first-order valence-corrected chi connectivity index (χ1v) is 7.66. The minimum absolute atomic E-state index is 0.176. The minimum atomic E-state index is 0.176. The van der Waals surface area contributed by atoms with E-state index in [0.717, 1.165) is 18.0 Å². The number of pyridine rings is 1. The summed E-state index contributed by atoms with van der Waals surface area (Å²) in [6, 6.07) is 6.62. The van der Waals surface area contributed by atoms with Crippen LogP contribution in [0.25, 0.3) is 0 Å². The number of rotatable bonds is 6. The SMILES string of the molecule is CCCC1CCN(C(c2ccccn2)C(N)CC)C1. The maximum absolute atomic E-state index is 6.37. The molecule has 0 aromatic carbocycles. The smallest absolute Gasteiger partial charge is 0.0673 e. The van der Waals surface area contributed by atoms with Crippen LogP contribution >= 0.6 is 0 Å². The van der Waals surface area contributed by atoms with Crippen LogP contribution in [-0.2, 0) is 0 Å². The van der Waals surface area contributed by atoms with Gasteiger partial charge in [0.05, 0.1) is 11.7 Å². The molecule has 1 aromatic heterocycles. The normalized spacial score (nSPS) is 23.4. The van der Waals surface area contributed by atoms with Crippen LogP contribution in [0.5, 0.6) is 0 Å². The Hall–Kier alpha value is -0.930. The molecule has 3 atom stereocenters. The van der Waals surface area contributed by atoms with Gasteiger partial charge in [0.2, 0.25) is 0 Å². The molecule has 1 aliphatic heterocycles. The van der Waals surface area contributed by atoms with E-state index in [1.165, 1.54) is 32.4 Å². The highest BCUT2D eigenvalue weighted by atomic mass is 15.2. The van der Waals surface area contributed by atoms with Crippen LogP contribution in [0.1, 0.15) is 51.3 Å². The van der Waals surface area contributed by atoms with E-state index in [1.54, 1.807) is 0 Å². The lowest BCUT2D eigenvalue weighted by Crippen LogP contribution is -2.40. The minimum Gasteiger partial charge on any atom is -0.326 e. The monoisotopic (exact) mass is 261 g/mol. The van der Waals surface area contributed by atoms with Crippen LogP contribution in [0.3, 0.4) is 0 Å². The van der Waals surface area contributed by atoms with Crippen molar-refractivity contribution < 1.29 is 0 Å². The first kappa shape index (κ1) is 14.5. The fraction of sp³-hybridized carbons (Fsp3) is 0.688. The van der Waals surface area contributed by atoms with Crippen molar-refractivity contribution in [3.63, 3.8) is 0 Å². The first-order chi connectivity index (χ1) is 9.26. The van der Waals surface area contributed by atoms with Crippen molar-refractivity contribution in [3.8, 4) is 0 Å². The van der Waals surface area contributed by atoms with Gasteiger partial charge < -0.3 is 5.73 Å². The Morgan fingerprint density at radius 1 is 1.42 bits per heavy atom. The molecule has 3 heteroatoms. The van der Waals surface area contributed by atoms with Crippen LogP contribution in [0, 0.1) is 5.92 Å². The summed E-state index contributed by atoms with van der Waals surface area (Å²) in [5, 5.41) is 0. The summed E-state index contributed by atoms with van der Waals surface area (Å²) >= 11 is 0. The van der Waals surface area contributed by atoms with Crippen LogP contribution in [0.2, 0.25) is 0 Å². The molecule has 106 valence electrons. The molecule has 1 fully saturated rings. The van der Waals surface area contributed by atoms with Gasteiger partial charge in [0.1, 0.15) is 0 Å². The van der Waals surface area contributed by atoms with Crippen molar-refractivity contribution in [2.24, 2.45) is 11.7 Å². The molecule has 0 bridgehead atoms. The molecule has 0 amide bonds. The van der Waals surface area contributed by atoms with Gasteiger partial charge in [0, 0.05) is 18.8 Å². The fourth-order valence-corrected chi connectivity index (χ4v) is 3.21. The van der Waals surface area contributed by atoms with E-state index in [9.17, 15) is 0 Å². The predicted molar refractivity (Wildman–Crippen MR) is 79.8 cm³/mol. The van der Waals surface area contributed by atoms with Crippen LogP contribution in [-0.4, -0.2) is 29.0 Å². The van der Waals surface area contributed by atoms with Crippen LogP contribution < -0.4 is 5.73 Å². The van der Waals surface area contributed by atoms with Crippen molar-refractivity contribution in [2.45, 2.75) is 51.6 Å². The number of hydrogen-bond donors (Lipinski definition) is 1. The zero-order valence-electron chi connectivity index (χ0n) is 12.3. The molecule has 0 aliphatic carbocycles. The third-order valence-electron chi connectivity index (χ3n) is 4.28. The molecule has 0 spiro atoms. The molecule has 1 saturated heterocycles. The van der Waals surface area contributed by atoms with Gasteiger partial charge in [-0.1, -0.05) is 26.3 Å². The van der Waals surface area contributed by atoms with Gasteiger partial charge in [-0.05, 0) is 43.9 Å². The van der Waals surface area contributed by atoms with E-state index in [4.69, 9.17) is 5.73 Å². The average molecular weight is 261 g/mol. The highest BCUT2D eigenvalue weighted by Gasteiger charge is 2.32. The fourth-order valence-electron chi connectivity index (χ4n) is 3.21. The molecule has 0 radical (unpaired) electrons. The lowest BCUT2D eigenvalue weighted by molar-refractivity contribution is 0.196. The molecule has 3 unspecified atom stereocenters. The number of hydrogen-bond acceptors (Lipinski definition) is 3. The van der Waals surface area contributed by atoms with Gasteiger partial charge in [-0.2, -0.15) is 0 Å². The van der Waals surface area contributed by atoms with Crippen molar-refractivity contribution >= 4 is 0 Å². The van der Waals surface area contributed by atoms with Gasteiger partial charge in [-0.15, -0.1) is 0 Å². The molecule has 0 saturated carbocycles. The van der Waals surface area contributed by atoms with E-state index < -0.39 is 0 Å². The second kappa shape index (κ2) is 7.01. The summed E-state index contributed by atoms with van der Waals surface area (Å²) in [6.07, 6.45) is 6.81. The highest BCUT2D eigenvalue weighted by Crippen LogP contribution is 2.31. The Morgan fingerprint density at radius 2 is 2.26 bits per heavy atom. The van der Waals surface area contributed by atoms with Crippen molar-refractivity contribution in [1.82, 2.24) is 9.88 Å². The molecular formula is C16H27N3. The van der Waals surface area contributed by atoms with E-state index in [2.05, 4.69) is 35.9 Å². The molecule has 1 aromatic rings. The Kier molecular flexibility index (Phi) is 5.34. The number of nitrogens with two attached hydrogens (primary N) is 1. The van der Waals surface area contributed by atoms with E-state index in [1.807, 2.05) is 12.3 Å². The van der Waals surface area contributed by atoms with Crippen molar-refractivity contribution in [2.75, 3.05) is 13.1 Å². The molecule has 19 heavy (non-hydrogen) atoms. The van der Waals surface area contributed by atoms with Crippen molar-refractivity contribution in [1.29, 1.82) is 0 Å². The molecule has 2 N–H and O–H groups in total. The third-order valence-corrected chi connectivity index (χ3v) is 4.28. The standard InChI is InChI=1S/C16H27N3/c1-3-7-13-9-11-19(12-13)16(14(17)4-2)15-8-5-6-10-18-15/h5-6,8,10,13-14,16H,3-4,7,9,11-12,17H2,1-2H3. The molecule has 2 heterocycles. The average Bonchev–Trinajstić information content (AvgIpc) is 2.89. The quantitative estimate of drug-likeness (QED) is 0.856. The van der Waals surface area contributed by atoms with Crippen molar-refractivity contribution in [3.05, 3.63) is 30.1 Å². The zero-order chi connectivity index (χ0) is 13.7. The largest absolute Gasteiger partial charge is 0.326 e. The number of aromatic nitrogens is 1. The van der Waals surface area contributed by atoms with Gasteiger partial charge in [0.25, 0.3) is 0 Å². The maximum atomic E-state index is 6.37. The highest BCUT2D eigenvalue weighted by molar-refractivity contribution is 5.12. The Labute approximate surface area is 117 Å². The number of likely N-dealkylation sites (tertiary alicyclic amines) is 1. The first-order valence-electron chi connectivity index (χ1n) is 7.66. The Balaban J connectivity index is 2.11. The lowest BCUT2D eigenvalue weighted by atomic mass is 10.0. The number of nitrogens with zero attached hydrogens (tertiary/aromatic N) is 2. The maximum Gasteiger partial charge on any atom is 0.0673 e. The molecule has 3 nitrogen and oxygen atoms in total. The van der Waals surface area contributed by atoms with Crippen LogP contribution in [0.15, 0.2) is 24.4 Å². The summed E-state index contributed by atoms with van der Waals surface area (Å²) in [6.45, 7) is 6.79. The van der Waals surface area contributed by atoms with Gasteiger partial charge >= 0.3 is 0 Å². The predicted octanol–water partition coefficient (Wildman–Crippen LogP) is 2.98. The van der Waals surface area contributed by atoms with E-state index in [-0.39, 0.29) is 12.1 Å². The molecular weight excluding hydrogens is 234 g/mol. The third kappa shape index (κ3) is 3.54. The topological polar surface area (TPSA) is 42.2 Å². The lowest BCUT2D eigenvalue weighted by Gasteiger charge is -2.31. The summed E-state index contributed by atoms with van der Waals surface area (Å²) in [5.74, 6) is 0.847. The van der Waals surface area contributed by atoms with Gasteiger partial charge in [-0.3, -0.25) is 9.88 Å².